The van der Waals surface area contributed by atoms with E-state index in [-0.39, 0.29) is 5.54 Å². The molecule has 1 aliphatic heterocycles. The first-order valence-corrected chi connectivity index (χ1v) is 6.33. The highest BCUT2D eigenvalue weighted by Crippen LogP contribution is 2.29. The predicted octanol–water partition coefficient (Wildman–Crippen LogP) is 1.81. The first-order chi connectivity index (χ1) is 8.42. The minimum atomic E-state index is 0.177. The summed E-state index contributed by atoms with van der Waals surface area (Å²) in [7, 11) is 3.85. The summed E-state index contributed by atoms with van der Waals surface area (Å²) in [6.07, 6.45) is 0. The molecule has 2 rings (SSSR count). The van der Waals surface area contributed by atoms with Gasteiger partial charge in [0.1, 0.15) is 5.75 Å². The van der Waals surface area contributed by atoms with Gasteiger partial charge in [0.05, 0.1) is 7.11 Å². The number of piperazine rings is 1. The van der Waals surface area contributed by atoms with Crippen molar-refractivity contribution < 1.29 is 4.74 Å². The minimum Gasteiger partial charge on any atom is -0.497 e. The molecule has 1 heterocycles. The van der Waals surface area contributed by atoms with Crippen LogP contribution in [-0.2, 0) is 0 Å². The van der Waals surface area contributed by atoms with E-state index >= 15 is 0 Å². The maximum atomic E-state index is 5.92. The van der Waals surface area contributed by atoms with Crippen LogP contribution in [0.5, 0.6) is 5.75 Å². The third-order valence-electron chi connectivity index (χ3n) is 3.83. The van der Waals surface area contributed by atoms with Crippen molar-refractivity contribution in [2.24, 2.45) is 0 Å². The Labute approximate surface area is 109 Å². The van der Waals surface area contributed by atoms with Crippen molar-refractivity contribution >= 4 is 11.4 Å². The number of anilines is 2. The smallest absolute Gasteiger partial charge is 0.122 e. The van der Waals surface area contributed by atoms with Crippen LogP contribution >= 0.6 is 0 Å². The molecule has 0 amide bonds. The zero-order valence-corrected chi connectivity index (χ0v) is 11.7. The van der Waals surface area contributed by atoms with Crippen LogP contribution in [-0.4, -0.2) is 44.2 Å². The molecule has 0 atom stereocenters. The van der Waals surface area contributed by atoms with E-state index in [0.29, 0.717) is 0 Å². The number of benzene rings is 1. The van der Waals surface area contributed by atoms with Gasteiger partial charge in [-0.2, -0.15) is 0 Å². The number of nitrogens with zero attached hydrogens (tertiary/aromatic N) is 2. The average Bonchev–Trinajstić information content (AvgIpc) is 2.31. The summed E-state index contributed by atoms with van der Waals surface area (Å²) in [6.45, 7) is 7.61. The van der Waals surface area contributed by atoms with E-state index in [2.05, 4.69) is 36.8 Å². The highest BCUT2D eigenvalue weighted by molar-refractivity contribution is 5.61. The van der Waals surface area contributed by atoms with Crippen LogP contribution in [0.1, 0.15) is 13.8 Å². The molecule has 100 valence electrons. The Kier molecular flexibility index (Phi) is 3.39. The van der Waals surface area contributed by atoms with Gasteiger partial charge >= 0.3 is 0 Å². The van der Waals surface area contributed by atoms with E-state index in [4.69, 9.17) is 10.5 Å². The van der Waals surface area contributed by atoms with Crippen LogP contribution in [0.3, 0.4) is 0 Å². The third-order valence-corrected chi connectivity index (χ3v) is 3.83. The molecule has 0 saturated carbocycles. The summed E-state index contributed by atoms with van der Waals surface area (Å²) >= 11 is 0. The number of hydrogen-bond donors (Lipinski definition) is 1. The largest absolute Gasteiger partial charge is 0.497 e. The molecule has 0 unspecified atom stereocenters. The zero-order chi connectivity index (χ0) is 13.3. The van der Waals surface area contributed by atoms with Gasteiger partial charge in [0, 0.05) is 48.7 Å². The van der Waals surface area contributed by atoms with Crippen LogP contribution in [0, 0.1) is 0 Å². The van der Waals surface area contributed by atoms with Crippen molar-refractivity contribution in [3.8, 4) is 5.75 Å². The Morgan fingerprint density at radius 2 is 1.94 bits per heavy atom. The van der Waals surface area contributed by atoms with E-state index in [0.717, 1.165) is 36.8 Å². The fraction of sp³-hybridized carbons (Fsp3) is 0.571. The molecule has 1 aromatic rings. The number of hydrogen-bond acceptors (Lipinski definition) is 4. The SMILES string of the molecule is COc1cc(N)cc(N2CCN(C)C(C)(C)C2)c1. The fourth-order valence-electron chi connectivity index (χ4n) is 2.37. The van der Waals surface area contributed by atoms with Crippen LogP contribution in [0.25, 0.3) is 0 Å². The molecule has 1 fully saturated rings. The molecule has 18 heavy (non-hydrogen) atoms. The molecule has 1 saturated heterocycles. The Balaban J connectivity index is 2.24. The quantitative estimate of drug-likeness (QED) is 0.812. The van der Waals surface area contributed by atoms with E-state index in [9.17, 15) is 0 Å². The molecular formula is C14H23N3O. The van der Waals surface area contributed by atoms with Crippen LogP contribution in [0.15, 0.2) is 18.2 Å². The minimum absolute atomic E-state index is 0.177. The van der Waals surface area contributed by atoms with Crippen molar-refractivity contribution in [2.75, 3.05) is 44.4 Å². The lowest BCUT2D eigenvalue weighted by atomic mass is 9.99. The number of nitrogens with two attached hydrogens (primary N) is 1. The maximum Gasteiger partial charge on any atom is 0.122 e. The average molecular weight is 249 g/mol. The second kappa shape index (κ2) is 4.69. The van der Waals surface area contributed by atoms with Gasteiger partial charge in [-0.1, -0.05) is 0 Å². The lowest BCUT2D eigenvalue weighted by Crippen LogP contribution is -2.57. The molecule has 0 radical (unpaired) electrons. The van der Waals surface area contributed by atoms with Gasteiger partial charge in [0.2, 0.25) is 0 Å². The molecule has 1 aromatic carbocycles. The monoisotopic (exact) mass is 249 g/mol. The van der Waals surface area contributed by atoms with Crippen molar-refractivity contribution in [2.45, 2.75) is 19.4 Å². The topological polar surface area (TPSA) is 41.7 Å². The molecular weight excluding hydrogens is 226 g/mol. The van der Waals surface area contributed by atoms with Gasteiger partial charge in [-0.3, -0.25) is 4.90 Å². The number of likely N-dealkylation sites (N-methyl/N-ethyl adjacent to an activating group) is 1. The molecule has 0 aromatic heterocycles. The van der Waals surface area contributed by atoms with Crippen LogP contribution in [0.4, 0.5) is 11.4 Å². The lowest BCUT2D eigenvalue weighted by Gasteiger charge is -2.46. The normalized spacial score (nSPS) is 19.9. The van der Waals surface area contributed by atoms with Crippen molar-refractivity contribution in [3.05, 3.63) is 18.2 Å². The number of nitrogen functional groups attached to an aromatic ring is 1. The number of rotatable bonds is 2. The summed E-state index contributed by atoms with van der Waals surface area (Å²) in [5, 5.41) is 0. The zero-order valence-electron chi connectivity index (χ0n) is 11.7. The molecule has 4 heteroatoms. The van der Waals surface area contributed by atoms with Gasteiger partial charge < -0.3 is 15.4 Å². The molecule has 0 aliphatic carbocycles. The van der Waals surface area contributed by atoms with E-state index in [1.807, 2.05) is 12.1 Å². The molecule has 2 N–H and O–H groups in total. The second-order valence-electron chi connectivity index (χ2n) is 5.62. The summed E-state index contributed by atoms with van der Waals surface area (Å²) in [6, 6.07) is 5.92. The first-order valence-electron chi connectivity index (χ1n) is 6.33. The first kappa shape index (κ1) is 13.0. The molecule has 0 spiro atoms. The lowest BCUT2D eigenvalue weighted by molar-refractivity contribution is 0.139. The molecule has 0 bridgehead atoms. The Bertz CT molecular complexity index is 431. The highest BCUT2D eigenvalue weighted by Gasteiger charge is 2.31. The molecule has 4 nitrogen and oxygen atoms in total. The number of methoxy groups -OCH3 is 1. The van der Waals surface area contributed by atoms with Gasteiger partial charge in [0.15, 0.2) is 0 Å². The van der Waals surface area contributed by atoms with Gasteiger partial charge in [-0.05, 0) is 27.0 Å². The highest BCUT2D eigenvalue weighted by atomic mass is 16.5. The van der Waals surface area contributed by atoms with Crippen molar-refractivity contribution in [1.82, 2.24) is 4.90 Å². The Hall–Kier alpha value is -1.42. The van der Waals surface area contributed by atoms with Gasteiger partial charge in [0.25, 0.3) is 0 Å². The summed E-state index contributed by atoms with van der Waals surface area (Å²) < 4.78 is 5.28. The van der Waals surface area contributed by atoms with Crippen molar-refractivity contribution in [1.29, 1.82) is 0 Å². The van der Waals surface area contributed by atoms with E-state index in [1.165, 1.54) is 0 Å². The predicted molar refractivity (Wildman–Crippen MR) is 76.3 cm³/mol. The van der Waals surface area contributed by atoms with Gasteiger partial charge in [-0.15, -0.1) is 0 Å². The van der Waals surface area contributed by atoms with E-state index in [1.54, 1.807) is 7.11 Å². The van der Waals surface area contributed by atoms with Crippen LogP contribution < -0.4 is 15.4 Å². The van der Waals surface area contributed by atoms with Crippen molar-refractivity contribution in [3.63, 3.8) is 0 Å². The molecule has 1 aliphatic rings. The summed E-state index contributed by atoms with van der Waals surface area (Å²) in [5.41, 5.74) is 7.99. The Morgan fingerprint density at radius 3 is 2.56 bits per heavy atom. The fourth-order valence-corrected chi connectivity index (χ4v) is 2.37. The standard InChI is InChI=1S/C14H23N3O/c1-14(2)10-17(6-5-16(14)3)12-7-11(15)8-13(9-12)18-4/h7-9H,5-6,10,15H2,1-4H3. The third kappa shape index (κ3) is 2.53. The maximum absolute atomic E-state index is 5.92. The second-order valence-corrected chi connectivity index (χ2v) is 5.62. The Morgan fingerprint density at radius 1 is 1.22 bits per heavy atom. The summed E-state index contributed by atoms with van der Waals surface area (Å²) in [4.78, 5) is 4.77. The van der Waals surface area contributed by atoms with E-state index < -0.39 is 0 Å². The number of ether oxygens (including phenoxy) is 1. The summed E-state index contributed by atoms with van der Waals surface area (Å²) in [5.74, 6) is 0.821. The van der Waals surface area contributed by atoms with Crippen LogP contribution in [0.2, 0.25) is 0 Å². The van der Waals surface area contributed by atoms with Gasteiger partial charge in [-0.25, -0.2) is 0 Å².